The van der Waals surface area contributed by atoms with E-state index in [0.717, 1.165) is 5.56 Å². The summed E-state index contributed by atoms with van der Waals surface area (Å²) in [6.07, 6.45) is 0. The topological polar surface area (TPSA) is 74.5 Å². The number of rotatable bonds is 6. The minimum Gasteiger partial charge on any atom is -0.537 e. The molecule has 7 heteroatoms. The van der Waals surface area contributed by atoms with E-state index < -0.39 is 27.4 Å². The average Bonchev–Trinajstić information content (AvgIpc) is 2.60. The Morgan fingerprint density at radius 1 is 1.04 bits per heavy atom. The second-order valence-electron chi connectivity index (χ2n) is 6.42. The first-order valence-corrected chi connectivity index (χ1v) is 9.29. The number of carbonyl (C=O) groups excluding carboxylic acids is 1. The van der Waals surface area contributed by atoms with Crippen LogP contribution in [-0.4, -0.2) is 21.5 Å². The molecule has 2 rings (SSSR count). The van der Waals surface area contributed by atoms with Crippen molar-refractivity contribution < 1.29 is 36.8 Å². The molecule has 0 radical (unpaired) electrons. The van der Waals surface area contributed by atoms with E-state index in [9.17, 15) is 13.2 Å². The Morgan fingerprint density at radius 2 is 1.58 bits per heavy atom. The molecule has 0 fully saturated rings. The second kappa shape index (κ2) is 8.87. The number of hydrogen-bond donors (Lipinski definition) is 0. The number of hydrogen-bond acceptors (Lipinski definition) is 4. The normalized spacial score (nSPS) is 12.8. The summed E-state index contributed by atoms with van der Waals surface area (Å²) in [7, 11) is -2.65. The van der Waals surface area contributed by atoms with Crippen molar-refractivity contribution in [3.8, 4) is 0 Å². The molecule has 0 bridgehead atoms. The summed E-state index contributed by atoms with van der Waals surface area (Å²) in [5.74, 6) is -0.524. The van der Waals surface area contributed by atoms with Crippen molar-refractivity contribution in [3.05, 3.63) is 70.4 Å². The zero-order valence-electron chi connectivity index (χ0n) is 15.8. The Labute approximate surface area is 167 Å². The molecule has 0 aliphatic rings. The summed E-state index contributed by atoms with van der Waals surface area (Å²) < 4.78 is 34.5. The van der Waals surface area contributed by atoms with E-state index in [2.05, 4.69) is 4.72 Å². The van der Waals surface area contributed by atoms with Crippen molar-refractivity contribution in [2.24, 2.45) is 5.41 Å². The molecule has 0 aliphatic carbocycles. The Kier molecular flexibility index (Phi) is 7.66. The molecule has 1 atom stereocenters. The maximum absolute atomic E-state index is 12.8. The standard InChI is InChI=1S/C19H22NO4S.Li/c1-14-10-12-16(13-11-14)25(22,23)20-17(15-8-6-5-7-9-15)19(2,3)18(21)24-4;/h5-13,17H,1-4H3;/q-1;+1. The minimum absolute atomic E-state index is 0. The molecule has 0 aromatic heterocycles. The van der Waals surface area contributed by atoms with Gasteiger partial charge in [0.2, 0.25) is 0 Å². The van der Waals surface area contributed by atoms with Gasteiger partial charge in [-0.1, -0.05) is 73.5 Å². The summed E-state index contributed by atoms with van der Waals surface area (Å²) in [6, 6.07) is 14.5. The van der Waals surface area contributed by atoms with E-state index in [1.807, 2.05) is 13.0 Å². The van der Waals surface area contributed by atoms with Crippen LogP contribution in [-0.2, 0) is 19.6 Å². The molecule has 5 nitrogen and oxygen atoms in total. The summed E-state index contributed by atoms with van der Waals surface area (Å²) >= 11 is 0. The molecule has 1 unspecified atom stereocenters. The van der Waals surface area contributed by atoms with Gasteiger partial charge in [-0.3, -0.25) is 4.79 Å². The van der Waals surface area contributed by atoms with Crippen molar-refractivity contribution in [1.29, 1.82) is 0 Å². The van der Waals surface area contributed by atoms with Crippen molar-refractivity contribution in [2.45, 2.75) is 31.7 Å². The van der Waals surface area contributed by atoms with Crippen LogP contribution in [0.3, 0.4) is 0 Å². The summed E-state index contributed by atoms with van der Waals surface area (Å²) in [6.45, 7) is 5.13. The molecule has 0 amide bonds. The maximum Gasteiger partial charge on any atom is 1.00 e. The monoisotopic (exact) mass is 367 g/mol. The van der Waals surface area contributed by atoms with Crippen LogP contribution in [0.25, 0.3) is 4.72 Å². The first-order chi connectivity index (χ1) is 11.7. The van der Waals surface area contributed by atoms with Crippen molar-refractivity contribution >= 4 is 16.0 Å². The molecule has 2 aromatic carbocycles. The van der Waals surface area contributed by atoms with E-state index in [-0.39, 0.29) is 23.8 Å². The average molecular weight is 367 g/mol. The van der Waals surface area contributed by atoms with Gasteiger partial charge in [0.15, 0.2) is 0 Å². The number of benzene rings is 2. The van der Waals surface area contributed by atoms with Crippen LogP contribution < -0.4 is 18.9 Å². The fourth-order valence-electron chi connectivity index (χ4n) is 2.53. The van der Waals surface area contributed by atoms with E-state index in [0.29, 0.717) is 5.56 Å². The Morgan fingerprint density at radius 3 is 2.08 bits per heavy atom. The van der Waals surface area contributed by atoms with Gasteiger partial charge in [-0.05, 0) is 19.1 Å². The van der Waals surface area contributed by atoms with Gasteiger partial charge in [-0.2, -0.15) is 0 Å². The van der Waals surface area contributed by atoms with Crippen LogP contribution in [0.15, 0.2) is 59.5 Å². The first kappa shape index (κ1) is 22.5. The van der Waals surface area contributed by atoms with Gasteiger partial charge in [0.05, 0.1) is 12.5 Å². The third-order valence-electron chi connectivity index (χ3n) is 4.07. The van der Waals surface area contributed by atoms with Gasteiger partial charge in [0.1, 0.15) is 10.0 Å². The van der Waals surface area contributed by atoms with Gasteiger partial charge in [-0.15, -0.1) is 0 Å². The third kappa shape index (κ3) is 4.99. The number of aryl methyl sites for hydroxylation is 1. The van der Waals surface area contributed by atoms with Crippen LogP contribution in [0, 0.1) is 12.3 Å². The zero-order chi connectivity index (χ0) is 18.7. The predicted octanol–water partition coefficient (Wildman–Crippen LogP) is 1.00. The summed E-state index contributed by atoms with van der Waals surface area (Å²) in [4.78, 5) is 12.3. The van der Waals surface area contributed by atoms with Crippen LogP contribution >= 0.6 is 0 Å². The van der Waals surface area contributed by atoms with Crippen LogP contribution in [0.5, 0.6) is 0 Å². The third-order valence-corrected chi connectivity index (χ3v) is 5.43. The number of nitrogens with zero attached hydrogens (tertiary/aromatic N) is 1. The Balaban J connectivity index is 0.00000338. The first-order valence-electron chi connectivity index (χ1n) is 7.85. The molecule has 0 heterocycles. The molecular weight excluding hydrogens is 345 g/mol. The maximum atomic E-state index is 12.8. The minimum atomic E-state index is -3.93. The molecule has 134 valence electrons. The van der Waals surface area contributed by atoms with Crippen molar-refractivity contribution in [2.75, 3.05) is 7.11 Å². The van der Waals surface area contributed by atoms with E-state index >= 15 is 0 Å². The molecular formula is C19H22LiNO4S. The predicted molar refractivity (Wildman–Crippen MR) is 96.7 cm³/mol. The van der Waals surface area contributed by atoms with Gasteiger partial charge in [-0.25, -0.2) is 8.42 Å². The molecule has 0 spiro atoms. The fraction of sp³-hybridized carbons (Fsp3) is 0.316. The summed E-state index contributed by atoms with van der Waals surface area (Å²) in [5, 5.41) is 0. The molecule has 0 N–H and O–H groups in total. The van der Waals surface area contributed by atoms with Gasteiger partial charge in [0.25, 0.3) is 0 Å². The van der Waals surface area contributed by atoms with Crippen LogP contribution in [0.2, 0.25) is 0 Å². The van der Waals surface area contributed by atoms with Gasteiger partial charge < -0.3 is 9.46 Å². The number of carbonyl (C=O) groups is 1. The second-order valence-corrected chi connectivity index (χ2v) is 8.05. The Hall–Kier alpha value is -1.58. The SMILES string of the molecule is COC(=O)C(C)(C)C([N-]S(=O)(=O)c1ccc(C)cc1)c1ccccc1.[Li+]. The van der Waals surface area contributed by atoms with E-state index in [4.69, 9.17) is 4.74 Å². The number of esters is 1. The largest absolute Gasteiger partial charge is 1.00 e. The summed E-state index contributed by atoms with van der Waals surface area (Å²) in [5.41, 5.74) is 0.440. The van der Waals surface area contributed by atoms with Crippen LogP contribution in [0.4, 0.5) is 0 Å². The van der Waals surface area contributed by atoms with Crippen molar-refractivity contribution in [3.63, 3.8) is 0 Å². The zero-order valence-corrected chi connectivity index (χ0v) is 16.6. The van der Waals surface area contributed by atoms with Crippen LogP contribution in [0.1, 0.15) is 31.0 Å². The smallest absolute Gasteiger partial charge is 0.537 e. The Bertz CT molecular complexity index is 834. The number of methoxy groups -OCH3 is 1. The van der Waals surface area contributed by atoms with Crippen molar-refractivity contribution in [1.82, 2.24) is 0 Å². The van der Waals surface area contributed by atoms with Gasteiger partial charge in [0, 0.05) is 4.90 Å². The molecule has 26 heavy (non-hydrogen) atoms. The van der Waals surface area contributed by atoms with Gasteiger partial charge >= 0.3 is 24.8 Å². The molecule has 0 aliphatic heterocycles. The van der Waals surface area contributed by atoms with E-state index in [1.165, 1.54) is 19.2 Å². The van der Waals surface area contributed by atoms with E-state index in [1.54, 1.807) is 50.2 Å². The molecule has 0 saturated carbocycles. The molecule has 2 aromatic rings. The quantitative estimate of drug-likeness (QED) is 0.564. The fourth-order valence-corrected chi connectivity index (χ4v) is 3.79. The number of ether oxygens (including phenoxy) is 1. The molecule has 0 saturated heterocycles. The number of sulfonamides is 1.